The first-order valence-corrected chi connectivity index (χ1v) is 7.67. The lowest BCUT2D eigenvalue weighted by atomic mass is 9.73. The second-order valence-electron chi connectivity index (χ2n) is 6.39. The maximum atomic E-state index is 13.2. The van der Waals surface area contributed by atoms with E-state index in [-0.39, 0.29) is 6.42 Å². The van der Waals surface area contributed by atoms with Crippen LogP contribution in [0.1, 0.15) is 42.4 Å². The summed E-state index contributed by atoms with van der Waals surface area (Å²) in [6, 6.07) is 5.65. The minimum atomic E-state index is -4.12. The van der Waals surface area contributed by atoms with Gasteiger partial charge in [0.25, 0.3) is 0 Å². The van der Waals surface area contributed by atoms with E-state index < -0.39 is 24.1 Å². The zero-order valence-electron chi connectivity index (χ0n) is 12.7. The zero-order valence-corrected chi connectivity index (χ0v) is 12.7. The number of alkyl halides is 3. The molecule has 1 aliphatic carbocycles. The molecule has 21 heavy (non-hydrogen) atoms. The molecule has 4 heteroatoms. The average Bonchev–Trinajstić information content (AvgIpc) is 2.42. The Labute approximate surface area is 124 Å². The van der Waals surface area contributed by atoms with Crippen LogP contribution in [0.4, 0.5) is 13.2 Å². The quantitative estimate of drug-likeness (QED) is 0.871. The number of hydrogen-bond donors (Lipinski definition) is 1. The number of rotatable bonds is 3. The molecule has 1 nitrogen and oxygen atoms in total. The predicted octanol–water partition coefficient (Wildman–Crippen LogP) is 4.54. The van der Waals surface area contributed by atoms with Crippen LogP contribution >= 0.6 is 0 Å². The molecule has 2 N–H and O–H groups in total. The van der Waals surface area contributed by atoms with Gasteiger partial charge in [-0.2, -0.15) is 13.2 Å². The summed E-state index contributed by atoms with van der Waals surface area (Å²) in [6.45, 7) is 3.98. The second-order valence-corrected chi connectivity index (χ2v) is 6.39. The SMILES string of the molecule is Cc1ccc(C)c(CC(N)C2CCCCC2C(F)(F)F)c1. The van der Waals surface area contributed by atoms with Crippen molar-refractivity contribution < 1.29 is 13.2 Å². The molecule has 118 valence electrons. The Bertz CT molecular complexity index is 481. The molecule has 0 radical (unpaired) electrons. The number of hydrogen-bond acceptors (Lipinski definition) is 1. The van der Waals surface area contributed by atoms with E-state index in [1.165, 1.54) is 0 Å². The Hall–Kier alpha value is -1.03. The predicted molar refractivity (Wildman–Crippen MR) is 79.1 cm³/mol. The number of nitrogens with two attached hydrogens (primary N) is 1. The monoisotopic (exact) mass is 299 g/mol. The van der Waals surface area contributed by atoms with Gasteiger partial charge in [0.05, 0.1) is 5.92 Å². The highest BCUT2D eigenvalue weighted by molar-refractivity contribution is 5.31. The fourth-order valence-corrected chi connectivity index (χ4v) is 3.50. The van der Waals surface area contributed by atoms with Gasteiger partial charge in [-0.15, -0.1) is 0 Å². The highest BCUT2D eigenvalue weighted by Crippen LogP contribution is 2.43. The van der Waals surface area contributed by atoms with E-state index in [4.69, 9.17) is 5.73 Å². The molecule has 0 heterocycles. The fourth-order valence-electron chi connectivity index (χ4n) is 3.50. The minimum Gasteiger partial charge on any atom is -0.327 e. The van der Waals surface area contributed by atoms with Crippen molar-refractivity contribution in [1.29, 1.82) is 0 Å². The van der Waals surface area contributed by atoms with Crippen LogP contribution in [0, 0.1) is 25.7 Å². The first-order chi connectivity index (χ1) is 9.79. The van der Waals surface area contributed by atoms with Gasteiger partial charge in [-0.1, -0.05) is 36.6 Å². The molecule has 1 fully saturated rings. The standard InChI is InChI=1S/C17H24F3N/c1-11-7-8-12(2)13(9-11)10-16(21)14-5-3-4-6-15(14)17(18,19)20/h7-9,14-16H,3-6,10,21H2,1-2H3. The highest BCUT2D eigenvalue weighted by Gasteiger charge is 2.47. The van der Waals surface area contributed by atoms with Gasteiger partial charge in [0.2, 0.25) is 0 Å². The lowest BCUT2D eigenvalue weighted by molar-refractivity contribution is -0.198. The number of halogens is 3. The van der Waals surface area contributed by atoms with Gasteiger partial charge in [-0.05, 0) is 50.2 Å². The maximum absolute atomic E-state index is 13.2. The third-order valence-electron chi connectivity index (χ3n) is 4.75. The summed E-state index contributed by atoms with van der Waals surface area (Å²) < 4.78 is 39.5. The van der Waals surface area contributed by atoms with E-state index in [1.807, 2.05) is 32.0 Å². The van der Waals surface area contributed by atoms with E-state index in [2.05, 4.69) is 0 Å². The third-order valence-corrected chi connectivity index (χ3v) is 4.75. The first kappa shape index (κ1) is 16.3. The molecule has 0 spiro atoms. The van der Waals surface area contributed by atoms with Gasteiger partial charge >= 0.3 is 6.18 Å². The molecule has 0 saturated heterocycles. The van der Waals surface area contributed by atoms with Crippen molar-refractivity contribution in [3.8, 4) is 0 Å². The lowest BCUT2D eigenvalue weighted by Gasteiger charge is -2.36. The van der Waals surface area contributed by atoms with Gasteiger partial charge in [0.15, 0.2) is 0 Å². The molecular formula is C17H24F3N. The van der Waals surface area contributed by atoms with Gasteiger partial charge < -0.3 is 5.73 Å². The molecule has 0 aliphatic heterocycles. The number of benzene rings is 1. The van der Waals surface area contributed by atoms with Crippen molar-refractivity contribution in [2.75, 3.05) is 0 Å². The smallest absolute Gasteiger partial charge is 0.327 e. The van der Waals surface area contributed by atoms with E-state index in [0.717, 1.165) is 23.1 Å². The van der Waals surface area contributed by atoms with Crippen molar-refractivity contribution >= 4 is 0 Å². The van der Waals surface area contributed by atoms with Crippen molar-refractivity contribution in [2.45, 2.75) is 58.2 Å². The highest BCUT2D eigenvalue weighted by atomic mass is 19.4. The van der Waals surface area contributed by atoms with Crippen molar-refractivity contribution in [1.82, 2.24) is 0 Å². The van der Waals surface area contributed by atoms with Crippen LogP contribution in [-0.4, -0.2) is 12.2 Å². The summed E-state index contributed by atoms with van der Waals surface area (Å²) in [5.74, 6) is -1.68. The summed E-state index contributed by atoms with van der Waals surface area (Å²) >= 11 is 0. The molecule has 1 aromatic carbocycles. The minimum absolute atomic E-state index is 0.231. The van der Waals surface area contributed by atoms with E-state index >= 15 is 0 Å². The molecule has 0 amide bonds. The molecule has 0 aromatic heterocycles. The fraction of sp³-hybridized carbons (Fsp3) is 0.647. The van der Waals surface area contributed by atoms with E-state index in [0.29, 0.717) is 19.3 Å². The molecule has 3 unspecified atom stereocenters. The first-order valence-electron chi connectivity index (χ1n) is 7.67. The van der Waals surface area contributed by atoms with E-state index in [9.17, 15) is 13.2 Å². The third kappa shape index (κ3) is 4.00. The van der Waals surface area contributed by atoms with Crippen LogP contribution in [0.5, 0.6) is 0 Å². The maximum Gasteiger partial charge on any atom is 0.392 e. The molecule has 1 aromatic rings. The summed E-state index contributed by atoms with van der Waals surface area (Å²) in [7, 11) is 0. The topological polar surface area (TPSA) is 26.0 Å². The Morgan fingerprint density at radius 3 is 2.52 bits per heavy atom. The van der Waals surface area contributed by atoms with Crippen LogP contribution in [0.25, 0.3) is 0 Å². The summed E-state index contributed by atoms with van der Waals surface area (Å²) in [5.41, 5.74) is 9.50. The van der Waals surface area contributed by atoms with Crippen LogP contribution in [0.15, 0.2) is 18.2 Å². The normalized spacial score (nSPS) is 24.9. The zero-order chi connectivity index (χ0) is 15.6. The molecular weight excluding hydrogens is 275 g/mol. The molecule has 1 aliphatic rings. The summed E-state index contributed by atoms with van der Waals surface area (Å²) in [5, 5.41) is 0. The number of aryl methyl sites for hydroxylation is 2. The van der Waals surface area contributed by atoms with Crippen LogP contribution < -0.4 is 5.73 Å². The van der Waals surface area contributed by atoms with Gasteiger partial charge in [0, 0.05) is 6.04 Å². The van der Waals surface area contributed by atoms with Crippen LogP contribution in [0.3, 0.4) is 0 Å². The lowest BCUT2D eigenvalue weighted by Crippen LogP contribution is -2.44. The molecule has 2 rings (SSSR count). The van der Waals surface area contributed by atoms with Gasteiger partial charge in [-0.25, -0.2) is 0 Å². The summed E-state index contributed by atoms with van der Waals surface area (Å²) in [4.78, 5) is 0. The Balaban J connectivity index is 2.14. The van der Waals surface area contributed by atoms with Gasteiger partial charge in [0.1, 0.15) is 0 Å². The van der Waals surface area contributed by atoms with Gasteiger partial charge in [-0.3, -0.25) is 0 Å². The van der Waals surface area contributed by atoms with Crippen molar-refractivity contribution in [3.05, 3.63) is 34.9 Å². The largest absolute Gasteiger partial charge is 0.392 e. The Kier molecular flexibility index (Phi) is 4.97. The van der Waals surface area contributed by atoms with Crippen LogP contribution in [-0.2, 0) is 6.42 Å². The summed E-state index contributed by atoms with van der Waals surface area (Å²) in [6.07, 6.45) is -1.24. The second kappa shape index (κ2) is 6.39. The van der Waals surface area contributed by atoms with Crippen molar-refractivity contribution in [3.63, 3.8) is 0 Å². The average molecular weight is 299 g/mol. The molecule has 3 atom stereocenters. The van der Waals surface area contributed by atoms with E-state index in [1.54, 1.807) is 0 Å². The Morgan fingerprint density at radius 2 is 1.86 bits per heavy atom. The molecule has 0 bridgehead atoms. The van der Waals surface area contributed by atoms with Crippen molar-refractivity contribution in [2.24, 2.45) is 17.6 Å². The Morgan fingerprint density at radius 1 is 1.19 bits per heavy atom. The molecule has 1 saturated carbocycles. The van der Waals surface area contributed by atoms with Crippen LogP contribution in [0.2, 0.25) is 0 Å².